The van der Waals surface area contributed by atoms with E-state index in [1.54, 1.807) is 11.8 Å². The third-order valence-corrected chi connectivity index (χ3v) is 4.19. The average Bonchev–Trinajstić information content (AvgIpc) is 2.78. The zero-order chi connectivity index (χ0) is 13.2. The maximum Gasteiger partial charge on any atom is 0.166 e. The molecule has 0 aliphatic heterocycles. The van der Waals surface area contributed by atoms with Gasteiger partial charge in [0.05, 0.1) is 11.0 Å². The predicted octanol–water partition coefficient (Wildman–Crippen LogP) is 4.20. The van der Waals surface area contributed by atoms with Gasteiger partial charge in [-0.15, -0.1) is 0 Å². The Hall–Kier alpha value is -1.46. The van der Waals surface area contributed by atoms with Gasteiger partial charge in [0.25, 0.3) is 0 Å². The minimum absolute atomic E-state index is 0.750. The minimum atomic E-state index is 0.750. The van der Waals surface area contributed by atoms with Crippen LogP contribution in [0.25, 0.3) is 11.0 Å². The number of thioether (sulfide) groups is 1. The molecule has 3 aromatic rings. The first-order valence-corrected chi connectivity index (χ1v) is 7.61. The first kappa shape index (κ1) is 12.6. The number of anilines is 1. The molecule has 0 bridgehead atoms. The minimum Gasteiger partial charge on any atom is -0.399 e. The van der Waals surface area contributed by atoms with E-state index in [0.29, 0.717) is 0 Å². The summed E-state index contributed by atoms with van der Waals surface area (Å²) in [5.74, 6) is 0.884. The molecule has 0 unspecified atom stereocenters. The summed E-state index contributed by atoms with van der Waals surface area (Å²) in [5.41, 5.74) is 9.70. The van der Waals surface area contributed by atoms with Gasteiger partial charge in [0.1, 0.15) is 0 Å². The molecule has 0 aliphatic rings. The summed E-state index contributed by atoms with van der Waals surface area (Å²) >= 11 is 5.16. The number of benzene rings is 2. The largest absolute Gasteiger partial charge is 0.399 e. The molecule has 0 fully saturated rings. The van der Waals surface area contributed by atoms with Crippen molar-refractivity contribution in [2.75, 3.05) is 5.73 Å². The average molecular weight is 334 g/mol. The Labute approximate surface area is 123 Å². The zero-order valence-electron chi connectivity index (χ0n) is 10.1. The summed E-state index contributed by atoms with van der Waals surface area (Å²) in [6.07, 6.45) is 0. The van der Waals surface area contributed by atoms with E-state index in [9.17, 15) is 0 Å². The van der Waals surface area contributed by atoms with E-state index in [2.05, 4.69) is 38.0 Å². The Morgan fingerprint density at radius 2 is 2.11 bits per heavy atom. The highest BCUT2D eigenvalue weighted by Gasteiger charge is 2.04. The van der Waals surface area contributed by atoms with Crippen molar-refractivity contribution in [3.8, 4) is 0 Å². The summed E-state index contributed by atoms with van der Waals surface area (Å²) in [6.45, 7) is 0. The van der Waals surface area contributed by atoms with Crippen molar-refractivity contribution in [3.05, 3.63) is 52.5 Å². The molecule has 0 amide bonds. The van der Waals surface area contributed by atoms with Crippen LogP contribution in [0.15, 0.2) is 52.1 Å². The van der Waals surface area contributed by atoms with Gasteiger partial charge in [-0.2, -0.15) is 0 Å². The first-order valence-electron chi connectivity index (χ1n) is 5.83. The van der Waals surface area contributed by atoms with Crippen LogP contribution in [0.2, 0.25) is 0 Å². The molecule has 0 saturated heterocycles. The number of imidazole rings is 1. The molecule has 5 heteroatoms. The molecule has 96 valence electrons. The first-order chi connectivity index (χ1) is 9.20. The van der Waals surface area contributed by atoms with Gasteiger partial charge >= 0.3 is 0 Å². The number of nitrogens with two attached hydrogens (primary N) is 1. The molecule has 3 N–H and O–H groups in total. The third-order valence-electron chi connectivity index (χ3n) is 2.75. The molecule has 1 aromatic heterocycles. The summed E-state index contributed by atoms with van der Waals surface area (Å²) in [5, 5.41) is 0.917. The van der Waals surface area contributed by atoms with Crippen LogP contribution in [-0.2, 0) is 5.75 Å². The molecule has 3 rings (SSSR count). The van der Waals surface area contributed by atoms with Crippen LogP contribution in [0.1, 0.15) is 5.56 Å². The number of rotatable bonds is 3. The molecule has 0 aliphatic carbocycles. The van der Waals surface area contributed by atoms with Crippen molar-refractivity contribution in [1.29, 1.82) is 0 Å². The van der Waals surface area contributed by atoms with Crippen LogP contribution in [0.4, 0.5) is 5.69 Å². The number of aromatic nitrogens is 2. The van der Waals surface area contributed by atoms with E-state index in [1.165, 1.54) is 5.56 Å². The number of H-pyrrole nitrogens is 1. The summed E-state index contributed by atoms with van der Waals surface area (Å²) in [7, 11) is 0. The highest BCUT2D eigenvalue weighted by molar-refractivity contribution is 9.10. The smallest absolute Gasteiger partial charge is 0.166 e. The Kier molecular flexibility index (Phi) is 3.48. The lowest BCUT2D eigenvalue weighted by Crippen LogP contribution is -1.82. The van der Waals surface area contributed by atoms with Crippen LogP contribution in [0.3, 0.4) is 0 Å². The van der Waals surface area contributed by atoms with E-state index < -0.39 is 0 Å². The second-order valence-electron chi connectivity index (χ2n) is 4.24. The molecular formula is C14H12BrN3S. The maximum atomic E-state index is 5.76. The van der Waals surface area contributed by atoms with Gasteiger partial charge in [-0.1, -0.05) is 39.8 Å². The second-order valence-corrected chi connectivity index (χ2v) is 6.12. The van der Waals surface area contributed by atoms with Crippen LogP contribution in [0, 0.1) is 0 Å². The van der Waals surface area contributed by atoms with Gasteiger partial charge in [0.15, 0.2) is 5.16 Å². The van der Waals surface area contributed by atoms with Gasteiger partial charge in [-0.25, -0.2) is 4.98 Å². The fraction of sp³-hybridized carbons (Fsp3) is 0.0714. The number of aromatic amines is 1. The van der Waals surface area contributed by atoms with E-state index in [0.717, 1.165) is 32.1 Å². The summed E-state index contributed by atoms with van der Waals surface area (Å²) in [6, 6.07) is 14.0. The number of halogens is 1. The van der Waals surface area contributed by atoms with Gasteiger partial charge in [-0.05, 0) is 35.9 Å². The highest BCUT2D eigenvalue weighted by Crippen LogP contribution is 2.25. The highest BCUT2D eigenvalue weighted by atomic mass is 79.9. The Morgan fingerprint density at radius 1 is 1.21 bits per heavy atom. The predicted molar refractivity (Wildman–Crippen MR) is 84.2 cm³/mol. The van der Waals surface area contributed by atoms with Crippen molar-refractivity contribution < 1.29 is 0 Å². The zero-order valence-corrected chi connectivity index (χ0v) is 12.5. The van der Waals surface area contributed by atoms with E-state index in [-0.39, 0.29) is 0 Å². The summed E-state index contributed by atoms with van der Waals surface area (Å²) < 4.78 is 1.10. The van der Waals surface area contributed by atoms with Crippen molar-refractivity contribution in [3.63, 3.8) is 0 Å². The third kappa shape index (κ3) is 2.93. The van der Waals surface area contributed by atoms with E-state index >= 15 is 0 Å². The molecule has 0 atom stereocenters. The number of hydrogen-bond acceptors (Lipinski definition) is 3. The van der Waals surface area contributed by atoms with Crippen LogP contribution < -0.4 is 5.73 Å². The number of nitrogen functional groups attached to an aromatic ring is 1. The van der Waals surface area contributed by atoms with Crippen LogP contribution >= 0.6 is 27.7 Å². The fourth-order valence-corrected chi connectivity index (χ4v) is 3.13. The second kappa shape index (κ2) is 5.27. The van der Waals surface area contributed by atoms with Crippen LogP contribution in [0.5, 0.6) is 0 Å². The molecule has 0 radical (unpaired) electrons. The number of nitrogens with one attached hydrogen (secondary N) is 1. The number of fused-ring (bicyclic) bond motifs is 1. The summed E-state index contributed by atoms with van der Waals surface area (Å²) in [4.78, 5) is 7.81. The molecule has 0 spiro atoms. The molecule has 1 heterocycles. The normalized spacial score (nSPS) is 11.0. The van der Waals surface area contributed by atoms with Crippen molar-refractivity contribution in [1.82, 2.24) is 9.97 Å². The van der Waals surface area contributed by atoms with Crippen LogP contribution in [-0.4, -0.2) is 9.97 Å². The standard InChI is InChI=1S/C14H12BrN3S/c15-10-3-1-2-9(6-10)8-19-14-17-12-5-4-11(16)7-13(12)18-14/h1-7H,8,16H2,(H,17,18). The number of nitrogens with zero attached hydrogens (tertiary/aromatic N) is 1. The van der Waals surface area contributed by atoms with E-state index in [1.807, 2.05) is 30.3 Å². The monoisotopic (exact) mass is 333 g/mol. The lowest BCUT2D eigenvalue weighted by atomic mass is 10.2. The van der Waals surface area contributed by atoms with E-state index in [4.69, 9.17) is 5.73 Å². The van der Waals surface area contributed by atoms with Crippen molar-refractivity contribution in [2.24, 2.45) is 0 Å². The molecular weight excluding hydrogens is 322 g/mol. The Balaban J connectivity index is 1.78. The van der Waals surface area contributed by atoms with Gasteiger partial charge in [-0.3, -0.25) is 0 Å². The lowest BCUT2D eigenvalue weighted by molar-refractivity contribution is 1.08. The number of hydrogen-bond donors (Lipinski definition) is 2. The van der Waals surface area contributed by atoms with Crippen molar-refractivity contribution >= 4 is 44.4 Å². The maximum absolute atomic E-state index is 5.76. The quantitative estimate of drug-likeness (QED) is 0.557. The molecule has 19 heavy (non-hydrogen) atoms. The van der Waals surface area contributed by atoms with Gasteiger partial charge in [0, 0.05) is 15.9 Å². The molecule has 2 aromatic carbocycles. The topological polar surface area (TPSA) is 54.7 Å². The molecule has 3 nitrogen and oxygen atoms in total. The van der Waals surface area contributed by atoms with Crippen molar-refractivity contribution in [2.45, 2.75) is 10.9 Å². The Bertz CT molecular complexity index is 724. The lowest BCUT2D eigenvalue weighted by Gasteiger charge is -1.99. The van der Waals surface area contributed by atoms with Gasteiger partial charge < -0.3 is 10.7 Å². The SMILES string of the molecule is Nc1ccc2nc(SCc3cccc(Br)c3)[nH]c2c1. The van der Waals surface area contributed by atoms with Gasteiger partial charge in [0.2, 0.25) is 0 Å². The Morgan fingerprint density at radius 3 is 2.95 bits per heavy atom. The molecule has 0 saturated carbocycles. The fourth-order valence-electron chi connectivity index (χ4n) is 1.85.